The number of thioether (sulfide) groups is 1. The molecular formula is C16H16F3NS. The van der Waals surface area contributed by atoms with Crippen LogP contribution in [0.25, 0.3) is 0 Å². The molecule has 0 amide bonds. The van der Waals surface area contributed by atoms with Crippen molar-refractivity contribution in [3.05, 3.63) is 59.2 Å². The van der Waals surface area contributed by atoms with Crippen LogP contribution < -0.4 is 5.32 Å². The molecule has 0 atom stereocenters. The SMILES string of the molecule is Cc1ccc(C)c(CNc2ccc(SC(F)(F)F)cc2)c1. The van der Waals surface area contributed by atoms with E-state index in [1.54, 1.807) is 12.1 Å². The maximum absolute atomic E-state index is 12.2. The van der Waals surface area contributed by atoms with Crippen LogP contribution in [0.3, 0.4) is 0 Å². The van der Waals surface area contributed by atoms with Crippen molar-refractivity contribution in [2.45, 2.75) is 30.8 Å². The summed E-state index contributed by atoms with van der Waals surface area (Å²) < 4.78 is 36.7. The van der Waals surface area contributed by atoms with Gasteiger partial charge in [0, 0.05) is 17.1 Å². The van der Waals surface area contributed by atoms with Crippen LogP contribution >= 0.6 is 11.8 Å². The Labute approximate surface area is 126 Å². The van der Waals surface area contributed by atoms with Crippen molar-refractivity contribution >= 4 is 17.4 Å². The number of hydrogen-bond donors (Lipinski definition) is 1. The number of halogens is 3. The van der Waals surface area contributed by atoms with E-state index in [0.717, 1.165) is 5.69 Å². The number of alkyl halides is 3. The third-order valence-electron chi connectivity index (χ3n) is 3.08. The van der Waals surface area contributed by atoms with Gasteiger partial charge in [0.15, 0.2) is 0 Å². The zero-order chi connectivity index (χ0) is 15.5. The molecular weight excluding hydrogens is 295 g/mol. The molecule has 112 valence electrons. The molecule has 1 N–H and O–H groups in total. The van der Waals surface area contributed by atoms with Crippen molar-refractivity contribution in [3.63, 3.8) is 0 Å². The minimum Gasteiger partial charge on any atom is -0.381 e. The van der Waals surface area contributed by atoms with Crippen LogP contribution in [0.5, 0.6) is 0 Å². The van der Waals surface area contributed by atoms with Gasteiger partial charge in [-0.2, -0.15) is 13.2 Å². The topological polar surface area (TPSA) is 12.0 Å². The molecule has 0 saturated carbocycles. The van der Waals surface area contributed by atoms with E-state index < -0.39 is 5.51 Å². The summed E-state index contributed by atoms with van der Waals surface area (Å²) in [5.41, 5.74) is 0.131. The van der Waals surface area contributed by atoms with Gasteiger partial charge in [0.05, 0.1) is 0 Å². The molecule has 0 fully saturated rings. The van der Waals surface area contributed by atoms with E-state index in [-0.39, 0.29) is 16.7 Å². The van der Waals surface area contributed by atoms with Crippen LogP contribution in [0.15, 0.2) is 47.4 Å². The molecule has 0 aliphatic rings. The molecule has 5 heteroatoms. The molecule has 0 saturated heterocycles. The average molecular weight is 311 g/mol. The summed E-state index contributed by atoms with van der Waals surface area (Å²) in [4.78, 5) is 0.194. The number of benzene rings is 2. The number of rotatable bonds is 4. The number of anilines is 1. The van der Waals surface area contributed by atoms with E-state index in [2.05, 4.69) is 23.5 Å². The maximum atomic E-state index is 12.2. The average Bonchev–Trinajstić information content (AvgIpc) is 2.40. The zero-order valence-corrected chi connectivity index (χ0v) is 12.6. The van der Waals surface area contributed by atoms with Crippen LogP contribution in [0.2, 0.25) is 0 Å². The van der Waals surface area contributed by atoms with Gasteiger partial charge in [-0.25, -0.2) is 0 Å². The third-order valence-corrected chi connectivity index (χ3v) is 3.81. The molecule has 0 aliphatic carbocycles. The van der Waals surface area contributed by atoms with Crippen molar-refractivity contribution in [1.29, 1.82) is 0 Å². The quantitative estimate of drug-likeness (QED) is 0.745. The second-order valence-corrected chi connectivity index (χ2v) is 5.99. The molecule has 1 nitrogen and oxygen atoms in total. The van der Waals surface area contributed by atoms with E-state index in [1.807, 2.05) is 13.8 Å². The second kappa shape index (κ2) is 6.43. The molecule has 0 bridgehead atoms. The van der Waals surface area contributed by atoms with Crippen molar-refractivity contribution in [3.8, 4) is 0 Å². The highest BCUT2D eigenvalue weighted by molar-refractivity contribution is 8.00. The highest BCUT2D eigenvalue weighted by Gasteiger charge is 2.28. The molecule has 2 aromatic rings. The highest BCUT2D eigenvalue weighted by Crippen LogP contribution is 2.37. The van der Waals surface area contributed by atoms with Gasteiger partial charge in [0.2, 0.25) is 0 Å². The van der Waals surface area contributed by atoms with Crippen LogP contribution in [0.1, 0.15) is 16.7 Å². The number of aryl methyl sites for hydroxylation is 2. The highest BCUT2D eigenvalue weighted by atomic mass is 32.2. The lowest BCUT2D eigenvalue weighted by Gasteiger charge is -2.11. The molecule has 2 aromatic carbocycles. The normalized spacial score (nSPS) is 11.5. The minimum absolute atomic E-state index is 0.0995. The van der Waals surface area contributed by atoms with Gasteiger partial charge in [-0.15, -0.1) is 0 Å². The van der Waals surface area contributed by atoms with Crippen molar-refractivity contribution < 1.29 is 13.2 Å². The van der Waals surface area contributed by atoms with Gasteiger partial charge in [-0.1, -0.05) is 23.8 Å². The number of nitrogens with one attached hydrogen (secondary N) is 1. The lowest BCUT2D eigenvalue weighted by Crippen LogP contribution is -2.02. The second-order valence-electron chi connectivity index (χ2n) is 4.86. The maximum Gasteiger partial charge on any atom is 0.446 e. The Morgan fingerprint density at radius 3 is 2.29 bits per heavy atom. The van der Waals surface area contributed by atoms with Crippen LogP contribution in [0.4, 0.5) is 18.9 Å². The summed E-state index contributed by atoms with van der Waals surface area (Å²) >= 11 is -0.0995. The van der Waals surface area contributed by atoms with Crippen LogP contribution in [-0.4, -0.2) is 5.51 Å². The van der Waals surface area contributed by atoms with Gasteiger partial charge < -0.3 is 5.32 Å². The van der Waals surface area contributed by atoms with Gasteiger partial charge in [-0.3, -0.25) is 0 Å². The number of hydrogen-bond acceptors (Lipinski definition) is 2. The van der Waals surface area contributed by atoms with Crippen molar-refractivity contribution in [2.75, 3.05) is 5.32 Å². The Bertz CT molecular complexity index is 606. The monoisotopic (exact) mass is 311 g/mol. The van der Waals surface area contributed by atoms with Crippen LogP contribution in [-0.2, 0) is 6.54 Å². The Morgan fingerprint density at radius 2 is 1.67 bits per heavy atom. The summed E-state index contributed by atoms with van der Waals surface area (Å²) in [5.74, 6) is 0. The fourth-order valence-corrected chi connectivity index (χ4v) is 2.50. The molecule has 0 spiro atoms. The van der Waals surface area contributed by atoms with E-state index >= 15 is 0 Å². The molecule has 2 rings (SSSR count). The molecule has 0 radical (unpaired) electrons. The summed E-state index contributed by atoms with van der Waals surface area (Å²) in [6.07, 6.45) is 0. The zero-order valence-electron chi connectivity index (χ0n) is 11.8. The minimum atomic E-state index is -4.24. The summed E-state index contributed by atoms with van der Waals surface area (Å²) in [5, 5.41) is 3.23. The lowest BCUT2D eigenvalue weighted by atomic mass is 10.1. The summed E-state index contributed by atoms with van der Waals surface area (Å²) in [7, 11) is 0. The predicted molar refractivity (Wildman–Crippen MR) is 81.6 cm³/mol. The van der Waals surface area contributed by atoms with Crippen molar-refractivity contribution in [1.82, 2.24) is 0 Å². The van der Waals surface area contributed by atoms with Gasteiger partial charge >= 0.3 is 5.51 Å². The Kier molecular flexibility index (Phi) is 4.83. The lowest BCUT2D eigenvalue weighted by molar-refractivity contribution is -0.0328. The largest absolute Gasteiger partial charge is 0.446 e. The molecule has 21 heavy (non-hydrogen) atoms. The van der Waals surface area contributed by atoms with E-state index in [9.17, 15) is 13.2 Å². The Balaban J connectivity index is 1.99. The fourth-order valence-electron chi connectivity index (χ4n) is 1.96. The van der Waals surface area contributed by atoms with Gasteiger partial charge in [0.1, 0.15) is 0 Å². The van der Waals surface area contributed by atoms with Gasteiger partial charge in [-0.05, 0) is 61.0 Å². The van der Waals surface area contributed by atoms with Crippen molar-refractivity contribution in [2.24, 2.45) is 0 Å². The Morgan fingerprint density at radius 1 is 1.00 bits per heavy atom. The first-order valence-electron chi connectivity index (χ1n) is 6.49. The first-order valence-corrected chi connectivity index (χ1v) is 7.31. The molecule has 0 aromatic heterocycles. The van der Waals surface area contributed by atoms with E-state index in [1.165, 1.54) is 28.8 Å². The standard InChI is InChI=1S/C16H16F3NS/c1-11-3-4-12(2)13(9-11)10-20-14-5-7-15(8-6-14)21-16(17,18)19/h3-9,20H,10H2,1-2H3. The molecule has 0 aliphatic heterocycles. The molecule has 0 unspecified atom stereocenters. The summed E-state index contributed by atoms with van der Waals surface area (Å²) in [6.45, 7) is 4.73. The summed E-state index contributed by atoms with van der Waals surface area (Å²) in [6, 6.07) is 12.5. The van der Waals surface area contributed by atoms with Gasteiger partial charge in [0.25, 0.3) is 0 Å². The molecule has 0 heterocycles. The van der Waals surface area contributed by atoms with Crippen LogP contribution in [0, 0.1) is 13.8 Å². The Hall–Kier alpha value is -1.62. The van der Waals surface area contributed by atoms with E-state index in [4.69, 9.17) is 0 Å². The third kappa shape index (κ3) is 5.01. The first-order chi connectivity index (χ1) is 9.83. The fraction of sp³-hybridized carbons (Fsp3) is 0.250. The smallest absolute Gasteiger partial charge is 0.381 e. The van der Waals surface area contributed by atoms with E-state index in [0.29, 0.717) is 6.54 Å². The first kappa shape index (κ1) is 15.8. The predicted octanol–water partition coefficient (Wildman–Crippen LogP) is 5.53.